The van der Waals surface area contributed by atoms with Crippen molar-refractivity contribution in [3.8, 4) is 5.75 Å². The summed E-state index contributed by atoms with van der Waals surface area (Å²) in [6.45, 7) is 7.77. The zero-order chi connectivity index (χ0) is 16.4. The van der Waals surface area contributed by atoms with Crippen LogP contribution >= 0.6 is 12.4 Å². The minimum Gasteiger partial charge on any atom is -0.485 e. The van der Waals surface area contributed by atoms with E-state index in [9.17, 15) is 4.39 Å². The molecule has 0 N–H and O–H groups in total. The first-order chi connectivity index (χ1) is 11.1. The highest BCUT2D eigenvalue weighted by Gasteiger charge is 2.15. The molecule has 0 spiro atoms. The third-order valence-corrected chi connectivity index (χ3v) is 4.26. The van der Waals surface area contributed by atoms with Crippen molar-refractivity contribution >= 4 is 23.3 Å². The minimum absolute atomic E-state index is 0. The van der Waals surface area contributed by atoms with Crippen molar-refractivity contribution in [1.82, 2.24) is 9.55 Å². The Morgan fingerprint density at radius 3 is 2.50 bits per heavy atom. The average molecular weight is 349 g/mol. The molecule has 1 aromatic carbocycles. The number of rotatable bonds is 5. The lowest BCUT2D eigenvalue weighted by Crippen LogP contribution is -2.02. The summed E-state index contributed by atoms with van der Waals surface area (Å²) in [6, 6.07) is 6.38. The Morgan fingerprint density at radius 1 is 1.12 bits per heavy atom. The highest BCUT2D eigenvalue weighted by Crippen LogP contribution is 2.32. The standard InChI is InChI=1S/C19H21FN2O.ClH/c1-4-9-22-14(3)13(2)17-10-21-11-18(19(17)22)23-12-15-5-7-16(20)8-6-15;/h5-8,10-11H,4,9,12H2,1-3H3;1H. The summed E-state index contributed by atoms with van der Waals surface area (Å²) in [6.07, 6.45) is 4.72. The summed E-state index contributed by atoms with van der Waals surface area (Å²) in [5.41, 5.74) is 4.53. The summed E-state index contributed by atoms with van der Waals surface area (Å²) < 4.78 is 21.3. The fourth-order valence-corrected chi connectivity index (χ4v) is 2.90. The Balaban J connectivity index is 0.00000208. The van der Waals surface area contributed by atoms with Crippen LogP contribution in [0.3, 0.4) is 0 Å². The number of halogens is 2. The van der Waals surface area contributed by atoms with Gasteiger partial charge in [0.05, 0.1) is 11.7 Å². The second-order valence-electron chi connectivity index (χ2n) is 5.81. The van der Waals surface area contributed by atoms with Gasteiger partial charge in [0.25, 0.3) is 0 Å². The Morgan fingerprint density at radius 2 is 1.83 bits per heavy atom. The Kier molecular flexibility index (Phi) is 5.84. The van der Waals surface area contributed by atoms with E-state index in [1.165, 1.54) is 23.4 Å². The van der Waals surface area contributed by atoms with E-state index in [1.54, 1.807) is 18.3 Å². The Hall–Kier alpha value is -2.07. The van der Waals surface area contributed by atoms with E-state index < -0.39 is 0 Å². The van der Waals surface area contributed by atoms with Crippen molar-refractivity contribution in [2.75, 3.05) is 0 Å². The molecule has 2 aromatic heterocycles. The first-order valence-corrected chi connectivity index (χ1v) is 7.92. The lowest BCUT2D eigenvalue weighted by molar-refractivity contribution is 0.307. The van der Waals surface area contributed by atoms with Crippen LogP contribution in [0.1, 0.15) is 30.2 Å². The number of hydrogen-bond acceptors (Lipinski definition) is 2. The quantitative estimate of drug-likeness (QED) is 0.633. The molecule has 3 aromatic rings. The number of fused-ring (bicyclic) bond motifs is 1. The summed E-state index contributed by atoms with van der Waals surface area (Å²) in [5.74, 6) is 0.539. The zero-order valence-electron chi connectivity index (χ0n) is 14.2. The number of ether oxygens (including phenoxy) is 1. The van der Waals surface area contributed by atoms with Crippen LogP contribution in [-0.2, 0) is 13.2 Å². The normalized spacial score (nSPS) is 10.7. The van der Waals surface area contributed by atoms with E-state index in [-0.39, 0.29) is 18.2 Å². The first kappa shape index (κ1) is 18.3. The molecule has 24 heavy (non-hydrogen) atoms. The maximum atomic E-state index is 13.0. The molecule has 3 nitrogen and oxygen atoms in total. The maximum Gasteiger partial charge on any atom is 0.162 e. The molecular formula is C19H22ClFN2O. The molecule has 0 aliphatic heterocycles. The molecular weight excluding hydrogens is 327 g/mol. The van der Waals surface area contributed by atoms with Crippen LogP contribution < -0.4 is 4.74 Å². The first-order valence-electron chi connectivity index (χ1n) is 7.92. The fourth-order valence-electron chi connectivity index (χ4n) is 2.90. The third kappa shape index (κ3) is 3.39. The van der Waals surface area contributed by atoms with Crippen molar-refractivity contribution in [2.24, 2.45) is 0 Å². The molecule has 0 saturated carbocycles. The van der Waals surface area contributed by atoms with Crippen LogP contribution in [0.15, 0.2) is 36.7 Å². The van der Waals surface area contributed by atoms with Gasteiger partial charge in [0.2, 0.25) is 0 Å². The molecule has 0 saturated heterocycles. The molecule has 0 atom stereocenters. The smallest absolute Gasteiger partial charge is 0.162 e. The molecule has 0 amide bonds. The highest BCUT2D eigenvalue weighted by molar-refractivity contribution is 5.89. The molecule has 2 heterocycles. The van der Waals surface area contributed by atoms with E-state index >= 15 is 0 Å². The van der Waals surface area contributed by atoms with Crippen molar-refractivity contribution in [1.29, 1.82) is 0 Å². The number of aryl methyl sites for hydroxylation is 2. The molecule has 0 aliphatic rings. The number of hydrogen-bond donors (Lipinski definition) is 0. The zero-order valence-corrected chi connectivity index (χ0v) is 15.0. The Labute approximate surface area is 147 Å². The van der Waals surface area contributed by atoms with Gasteiger partial charge < -0.3 is 9.30 Å². The molecule has 0 unspecified atom stereocenters. The van der Waals surface area contributed by atoms with Gasteiger partial charge in [-0.1, -0.05) is 19.1 Å². The molecule has 0 aliphatic carbocycles. The SMILES string of the molecule is CCCn1c(C)c(C)c2cncc(OCc3ccc(F)cc3)c21.Cl. The summed E-state index contributed by atoms with van der Waals surface area (Å²) in [4.78, 5) is 4.32. The highest BCUT2D eigenvalue weighted by atomic mass is 35.5. The van der Waals surface area contributed by atoms with Gasteiger partial charge in [-0.2, -0.15) is 0 Å². The van der Waals surface area contributed by atoms with Crippen LogP contribution in [0.5, 0.6) is 5.75 Å². The van der Waals surface area contributed by atoms with Gasteiger partial charge >= 0.3 is 0 Å². The molecule has 5 heteroatoms. The van der Waals surface area contributed by atoms with Crippen molar-refractivity contribution in [3.05, 3.63) is 59.3 Å². The number of aromatic nitrogens is 2. The molecule has 0 fully saturated rings. The molecule has 0 bridgehead atoms. The second-order valence-corrected chi connectivity index (χ2v) is 5.81. The molecule has 128 valence electrons. The lowest BCUT2D eigenvalue weighted by atomic mass is 10.2. The summed E-state index contributed by atoms with van der Waals surface area (Å²) >= 11 is 0. The van der Waals surface area contributed by atoms with Gasteiger partial charge in [-0.05, 0) is 43.5 Å². The van der Waals surface area contributed by atoms with Crippen LogP contribution in [0.4, 0.5) is 4.39 Å². The van der Waals surface area contributed by atoms with Crippen LogP contribution in [0.25, 0.3) is 10.9 Å². The van der Waals surface area contributed by atoms with Gasteiger partial charge in [0.1, 0.15) is 12.4 Å². The third-order valence-electron chi connectivity index (χ3n) is 4.26. The lowest BCUT2D eigenvalue weighted by Gasteiger charge is -2.11. The maximum absolute atomic E-state index is 13.0. The molecule has 0 radical (unpaired) electrons. The minimum atomic E-state index is -0.236. The van der Waals surface area contributed by atoms with Crippen molar-refractivity contribution < 1.29 is 9.13 Å². The van der Waals surface area contributed by atoms with Crippen LogP contribution in [-0.4, -0.2) is 9.55 Å². The van der Waals surface area contributed by atoms with E-state index in [0.717, 1.165) is 35.2 Å². The summed E-state index contributed by atoms with van der Waals surface area (Å²) in [5, 5.41) is 1.13. The average Bonchev–Trinajstić information content (AvgIpc) is 2.80. The van der Waals surface area contributed by atoms with E-state index in [4.69, 9.17) is 4.74 Å². The largest absolute Gasteiger partial charge is 0.485 e. The predicted octanol–water partition coefficient (Wildman–Crippen LogP) is 5.20. The van der Waals surface area contributed by atoms with Gasteiger partial charge in [0, 0.05) is 23.8 Å². The van der Waals surface area contributed by atoms with E-state index in [1.807, 2.05) is 6.20 Å². The second kappa shape index (κ2) is 7.67. The number of nitrogens with zero attached hydrogens (tertiary/aromatic N) is 2. The topological polar surface area (TPSA) is 27.1 Å². The van der Waals surface area contributed by atoms with E-state index in [2.05, 4.69) is 30.3 Å². The van der Waals surface area contributed by atoms with Gasteiger partial charge in [-0.15, -0.1) is 12.4 Å². The van der Waals surface area contributed by atoms with Gasteiger partial charge in [-0.25, -0.2) is 4.39 Å². The monoisotopic (exact) mass is 348 g/mol. The van der Waals surface area contributed by atoms with Crippen molar-refractivity contribution in [2.45, 2.75) is 40.3 Å². The van der Waals surface area contributed by atoms with Gasteiger partial charge in [-0.3, -0.25) is 4.98 Å². The summed E-state index contributed by atoms with van der Waals surface area (Å²) in [7, 11) is 0. The number of benzene rings is 1. The van der Waals surface area contributed by atoms with Crippen LogP contribution in [0, 0.1) is 19.7 Å². The predicted molar refractivity (Wildman–Crippen MR) is 97.5 cm³/mol. The van der Waals surface area contributed by atoms with Gasteiger partial charge in [0.15, 0.2) is 5.75 Å². The number of pyridine rings is 1. The van der Waals surface area contributed by atoms with E-state index in [0.29, 0.717) is 6.61 Å². The van der Waals surface area contributed by atoms with Crippen LogP contribution in [0.2, 0.25) is 0 Å². The van der Waals surface area contributed by atoms with Crippen molar-refractivity contribution in [3.63, 3.8) is 0 Å². The Bertz CT molecular complexity index is 827. The fraction of sp³-hybridized carbons (Fsp3) is 0.316. The molecule has 3 rings (SSSR count).